The molecular weight excluding hydrogens is 314 g/mol. The summed E-state index contributed by atoms with van der Waals surface area (Å²) in [6, 6.07) is 6.07. The van der Waals surface area contributed by atoms with Crippen molar-refractivity contribution >= 4 is 11.8 Å². The first-order chi connectivity index (χ1) is 12.3. The Balaban J connectivity index is 1.41. The molecule has 7 heteroatoms. The quantitative estimate of drug-likeness (QED) is 0.502. The minimum Gasteiger partial charge on any atom is -0.356 e. The molecule has 3 rings (SSSR count). The van der Waals surface area contributed by atoms with Crippen molar-refractivity contribution < 1.29 is 0 Å². The van der Waals surface area contributed by atoms with Crippen LogP contribution in [0, 0.1) is 0 Å². The Morgan fingerprint density at radius 3 is 2.72 bits per heavy atom. The molecule has 0 spiro atoms. The van der Waals surface area contributed by atoms with E-state index in [0.29, 0.717) is 0 Å². The third-order valence-electron chi connectivity index (χ3n) is 4.45. The molecule has 1 N–H and O–H groups in total. The van der Waals surface area contributed by atoms with Crippen molar-refractivity contribution in [1.29, 1.82) is 0 Å². The summed E-state index contributed by atoms with van der Waals surface area (Å²) in [5, 5.41) is 7.69. The molecule has 2 aromatic rings. The van der Waals surface area contributed by atoms with Crippen LogP contribution in [-0.2, 0) is 13.5 Å². The van der Waals surface area contributed by atoms with Crippen LogP contribution in [0.5, 0.6) is 0 Å². The Labute approximate surface area is 149 Å². The molecule has 0 aromatic carbocycles. The van der Waals surface area contributed by atoms with Gasteiger partial charge >= 0.3 is 0 Å². The van der Waals surface area contributed by atoms with E-state index in [1.165, 1.54) is 5.56 Å². The number of anilines is 1. The maximum absolute atomic E-state index is 4.44. The first-order valence-electron chi connectivity index (χ1n) is 8.85. The number of piperazine rings is 1. The standard InChI is InChI=1S/C18H27N7/c1-19-18(21-9-5-6-16-14-22-23(2)15-16)25-12-10-24(11-13-25)17-7-3-4-8-20-17/h3-4,7-8,14-15H,5-6,9-13H2,1-2H3,(H,19,21). The fourth-order valence-corrected chi connectivity index (χ4v) is 3.11. The van der Waals surface area contributed by atoms with Crippen molar-refractivity contribution in [3.05, 3.63) is 42.4 Å². The molecule has 0 unspecified atom stereocenters. The Kier molecular flexibility index (Phi) is 5.87. The van der Waals surface area contributed by atoms with Crippen LogP contribution in [0.4, 0.5) is 5.82 Å². The van der Waals surface area contributed by atoms with Gasteiger partial charge in [-0.05, 0) is 30.5 Å². The first-order valence-corrected chi connectivity index (χ1v) is 8.85. The van der Waals surface area contributed by atoms with Gasteiger partial charge in [-0.25, -0.2) is 4.98 Å². The topological polar surface area (TPSA) is 61.6 Å². The van der Waals surface area contributed by atoms with Crippen LogP contribution < -0.4 is 10.2 Å². The Morgan fingerprint density at radius 1 is 1.24 bits per heavy atom. The maximum atomic E-state index is 4.44. The summed E-state index contributed by atoms with van der Waals surface area (Å²) in [6.45, 7) is 4.76. The van der Waals surface area contributed by atoms with Crippen molar-refractivity contribution in [3.8, 4) is 0 Å². The fourth-order valence-electron chi connectivity index (χ4n) is 3.11. The monoisotopic (exact) mass is 341 g/mol. The van der Waals surface area contributed by atoms with Gasteiger partial charge < -0.3 is 15.1 Å². The van der Waals surface area contributed by atoms with Gasteiger partial charge in [0, 0.05) is 59.2 Å². The zero-order valence-electron chi connectivity index (χ0n) is 15.1. The molecule has 0 aliphatic carbocycles. The molecule has 0 radical (unpaired) electrons. The van der Waals surface area contributed by atoms with Gasteiger partial charge in [0.2, 0.25) is 0 Å². The minimum atomic E-state index is 0.919. The molecule has 0 amide bonds. The summed E-state index contributed by atoms with van der Waals surface area (Å²) in [6.07, 6.45) is 7.96. The van der Waals surface area contributed by atoms with Crippen molar-refractivity contribution in [2.24, 2.45) is 12.0 Å². The summed E-state index contributed by atoms with van der Waals surface area (Å²) in [7, 11) is 3.81. The van der Waals surface area contributed by atoms with E-state index in [-0.39, 0.29) is 0 Å². The lowest BCUT2D eigenvalue weighted by Crippen LogP contribution is -2.52. The second-order valence-electron chi connectivity index (χ2n) is 6.26. The molecular formula is C18H27N7. The summed E-state index contributed by atoms with van der Waals surface area (Å²) in [5.41, 5.74) is 1.28. The number of guanidine groups is 1. The van der Waals surface area contributed by atoms with Gasteiger partial charge in [-0.1, -0.05) is 6.07 Å². The Hall–Kier alpha value is -2.57. The van der Waals surface area contributed by atoms with Crippen LogP contribution in [-0.4, -0.2) is 65.4 Å². The van der Waals surface area contributed by atoms with E-state index in [0.717, 1.165) is 57.3 Å². The number of nitrogens with one attached hydrogen (secondary N) is 1. The third kappa shape index (κ3) is 4.71. The number of hydrogen-bond donors (Lipinski definition) is 1. The molecule has 3 heterocycles. The summed E-state index contributed by atoms with van der Waals surface area (Å²) in [4.78, 5) is 13.5. The molecule has 1 fully saturated rings. The van der Waals surface area contributed by atoms with Crippen LogP contribution in [0.3, 0.4) is 0 Å². The highest BCUT2D eigenvalue weighted by atomic mass is 15.4. The van der Waals surface area contributed by atoms with Gasteiger partial charge in [0.1, 0.15) is 5.82 Å². The van der Waals surface area contributed by atoms with E-state index >= 15 is 0 Å². The number of aromatic nitrogens is 3. The minimum absolute atomic E-state index is 0.919. The van der Waals surface area contributed by atoms with E-state index in [4.69, 9.17) is 0 Å². The van der Waals surface area contributed by atoms with E-state index < -0.39 is 0 Å². The fraction of sp³-hybridized carbons (Fsp3) is 0.500. The summed E-state index contributed by atoms with van der Waals surface area (Å²) in [5.74, 6) is 2.05. The lowest BCUT2D eigenvalue weighted by Gasteiger charge is -2.37. The van der Waals surface area contributed by atoms with Gasteiger partial charge in [0.25, 0.3) is 0 Å². The van der Waals surface area contributed by atoms with Gasteiger partial charge in [-0.3, -0.25) is 9.67 Å². The van der Waals surface area contributed by atoms with Crippen LogP contribution in [0.1, 0.15) is 12.0 Å². The van der Waals surface area contributed by atoms with E-state index in [2.05, 4.69) is 42.5 Å². The average molecular weight is 341 g/mol. The van der Waals surface area contributed by atoms with Gasteiger partial charge in [0.05, 0.1) is 6.20 Å². The molecule has 0 atom stereocenters. The summed E-state index contributed by atoms with van der Waals surface area (Å²) < 4.78 is 1.85. The molecule has 7 nitrogen and oxygen atoms in total. The highest BCUT2D eigenvalue weighted by molar-refractivity contribution is 5.80. The third-order valence-corrected chi connectivity index (χ3v) is 4.45. The normalized spacial score (nSPS) is 15.5. The number of aryl methyl sites for hydroxylation is 2. The number of rotatable bonds is 5. The zero-order valence-corrected chi connectivity index (χ0v) is 15.1. The number of nitrogens with zero attached hydrogens (tertiary/aromatic N) is 6. The van der Waals surface area contributed by atoms with Crippen LogP contribution >= 0.6 is 0 Å². The summed E-state index contributed by atoms with van der Waals surface area (Å²) >= 11 is 0. The number of aliphatic imine (C=N–C) groups is 1. The lowest BCUT2D eigenvalue weighted by molar-refractivity contribution is 0.371. The van der Waals surface area contributed by atoms with Gasteiger partial charge in [0.15, 0.2) is 5.96 Å². The second-order valence-corrected chi connectivity index (χ2v) is 6.26. The predicted octanol–water partition coefficient (Wildman–Crippen LogP) is 1.15. The predicted molar refractivity (Wildman–Crippen MR) is 101 cm³/mol. The SMILES string of the molecule is CN=C(NCCCc1cnn(C)c1)N1CCN(c2ccccn2)CC1. The molecule has 1 aliphatic heterocycles. The molecule has 2 aromatic heterocycles. The number of hydrogen-bond acceptors (Lipinski definition) is 4. The lowest BCUT2D eigenvalue weighted by atomic mass is 10.2. The Morgan fingerprint density at radius 2 is 2.08 bits per heavy atom. The molecule has 1 saturated heterocycles. The van der Waals surface area contributed by atoms with Crippen molar-refractivity contribution in [1.82, 2.24) is 25.0 Å². The molecule has 0 saturated carbocycles. The Bertz CT molecular complexity index is 672. The first kappa shape index (κ1) is 17.3. The maximum Gasteiger partial charge on any atom is 0.193 e. The highest BCUT2D eigenvalue weighted by Crippen LogP contribution is 2.12. The van der Waals surface area contributed by atoms with E-state index in [9.17, 15) is 0 Å². The van der Waals surface area contributed by atoms with Crippen molar-refractivity contribution in [2.45, 2.75) is 12.8 Å². The molecule has 25 heavy (non-hydrogen) atoms. The zero-order chi connectivity index (χ0) is 17.5. The second kappa shape index (κ2) is 8.50. The molecule has 134 valence electrons. The van der Waals surface area contributed by atoms with Crippen LogP contribution in [0.15, 0.2) is 41.8 Å². The molecule has 1 aliphatic rings. The van der Waals surface area contributed by atoms with Gasteiger partial charge in [-0.15, -0.1) is 0 Å². The van der Waals surface area contributed by atoms with Gasteiger partial charge in [-0.2, -0.15) is 5.10 Å². The largest absolute Gasteiger partial charge is 0.356 e. The highest BCUT2D eigenvalue weighted by Gasteiger charge is 2.20. The van der Waals surface area contributed by atoms with E-state index in [1.807, 2.05) is 43.3 Å². The number of pyridine rings is 1. The van der Waals surface area contributed by atoms with Crippen molar-refractivity contribution in [2.75, 3.05) is 44.7 Å². The average Bonchev–Trinajstić information content (AvgIpc) is 3.08. The van der Waals surface area contributed by atoms with Crippen molar-refractivity contribution in [3.63, 3.8) is 0 Å². The van der Waals surface area contributed by atoms with E-state index in [1.54, 1.807) is 0 Å². The molecule has 0 bridgehead atoms. The van der Waals surface area contributed by atoms with Crippen LogP contribution in [0.25, 0.3) is 0 Å². The van der Waals surface area contributed by atoms with Crippen LogP contribution in [0.2, 0.25) is 0 Å². The smallest absolute Gasteiger partial charge is 0.193 e.